The van der Waals surface area contributed by atoms with Gasteiger partial charge in [-0.05, 0) is 51.8 Å². The highest BCUT2D eigenvalue weighted by Gasteiger charge is 2.34. The number of carbonyl (C=O) groups is 1. The maximum absolute atomic E-state index is 12.6. The lowest BCUT2D eigenvalue weighted by molar-refractivity contribution is -0.149. The lowest BCUT2D eigenvalue weighted by atomic mass is 9.90. The van der Waals surface area contributed by atoms with Gasteiger partial charge in [-0.3, -0.25) is 9.69 Å². The first-order valence-corrected chi connectivity index (χ1v) is 8.90. The third-order valence-electron chi connectivity index (χ3n) is 5.48. The minimum Gasteiger partial charge on any atom is -0.340 e. The summed E-state index contributed by atoms with van der Waals surface area (Å²) in [5, 5.41) is 3.78. The largest absolute Gasteiger partial charge is 0.401 e. The minimum absolute atomic E-state index is 0.148. The van der Waals surface area contributed by atoms with E-state index in [1.165, 1.54) is 4.90 Å². The lowest BCUT2D eigenvalue weighted by Crippen LogP contribution is -2.41. The monoisotopic (exact) mass is 367 g/mol. The highest BCUT2D eigenvalue weighted by atomic mass is 19.4. The number of nitrogens with zero attached hydrogens (tertiary/aromatic N) is 2. The molecule has 0 aliphatic carbocycles. The van der Waals surface area contributed by atoms with Gasteiger partial charge < -0.3 is 9.88 Å². The number of piperidine rings is 1. The zero-order valence-electron chi connectivity index (χ0n) is 15.0. The van der Waals surface area contributed by atoms with Gasteiger partial charge in [0.05, 0.1) is 17.7 Å². The van der Waals surface area contributed by atoms with Crippen LogP contribution in [0.2, 0.25) is 0 Å². The summed E-state index contributed by atoms with van der Waals surface area (Å²) < 4.78 is 40.0. The number of para-hydroxylation sites is 1. The molecule has 0 bridgehead atoms. The number of benzene rings is 1. The highest BCUT2D eigenvalue weighted by Crippen LogP contribution is 2.38. The summed E-state index contributed by atoms with van der Waals surface area (Å²) in [6.07, 6.45) is -1.99. The predicted octanol–water partition coefficient (Wildman–Crippen LogP) is 4.35. The Morgan fingerprint density at radius 1 is 1.27 bits per heavy atom. The second kappa shape index (κ2) is 7.31. The Morgan fingerprint density at radius 2 is 1.92 bits per heavy atom. The van der Waals surface area contributed by atoms with Gasteiger partial charge in [0.15, 0.2) is 0 Å². The number of fused-ring (bicyclic) bond motifs is 1. The SMILES string of the molecule is Cc1c(NC=O)c2ccccc2n1C(C)C1CCN(CC(F)(F)F)CC1. The van der Waals surface area contributed by atoms with Gasteiger partial charge in [0.2, 0.25) is 6.41 Å². The smallest absolute Gasteiger partial charge is 0.340 e. The van der Waals surface area contributed by atoms with Crippen molar-refractivity contribution in [2.45, 2.75) is 38.9 Å². The molecule has 1 aliphatic heterocycles. The van der Waals surface area contributed by atoms with Crippen molar-refractivity contribution in [3.8, 4) is 0 Å². The number of alkyl halides is 3. The number of halogens is 3. The molecule has 1 atom stereocenters. The maximum Gasteiger partial charge on any atom is 0.401 e. The van der Waals surface area contributed by atoms with Gasteiger partial charge in [-0.1, -0.05) is 18.2 Å². The molecule has 1 aromatic heterocycles. The van der Waals surface area contributed by atoms with Gasteiger partial charge >= 0.3 is 6.18 Å². The summed E-state index contributed by atoms with van der Waals surface area (Å²) in [7, 11) is 0. The van der Waals surface area contributed by atoms with Crippen LogP contribution in [-0.4, -0.2) is 41.7 Å². The zero-order chi connectivity index (χ0) is 18.9. The van der Waals surface area contributed by atoms with Crippen molar-refractivity contribution in [2.75, 3.05) is 25.0 Å². The first kappa shape index (κ1) is 18.8. The molecular formula is C19H24F3N3O. The van der Waals surface area contributed by atoms with E-state index in [-0.39, 0.29) is 6.04 Å². The molecule has 2 aromatic rings. The molecule has 26 heavy (non-hydrogen) atoms. The van der Waals surface area contributed by atoms with Gasteiger partial charge in [0, 0.05) is 17.1 Å². The molecule has 4 nitrogen and oxygen atoms in total. The molecule has 3 rings (SSSR count). The van der Waals surface area contributed by atoms with Crippen LogP contribution in [0.3, 0.4) is 0 Å². The molecule has 1 amide bonds. The van der Waals surface area contributed by atoms with Crippen LogP contribution in [0.5, 0.6) is 0 Å². The molecule has 1 saturated heterocycles. The molecule has 1 aromatic carbocycles. The number of amides is 1. The Hall–Kier alpha value is -2.02. The van der Waals surface area contributed by atoms with E-state index in [0.717, 1.165) is 35.1 Å². The van der Waals surface area contributed by atoms with Gasteiger partial charge in [-0.2, -0.15) is 13.2 Å². The van der Waals surface area contributed by atoms with Crippen molar-refractivity contribution in [2.24, 2.45) is 5.92 Å². The number of carbonyl (C=O) groups excluding carboxylic acids is 1. The molecule has 1 unspecified atom stereocenters. The normalized spacial score (nSPS) is 18.2. The van der Waals surface area contributed by atoms with Crippen LogP contribution in [-0.2, 0) is 4.79 Å². The third kappa shape index (κ3) is 3.72. The summed E-state index contributed by atoms with van der Waals surface area (Å²) in [6.45, 7) is 4.20. The van der Waals surface area contributed by atoms with Crippen molar-refractivity contribution < 1.29 is 18.0 Å². The topological polar surface area (TPSA) is 37.3 Å². The summed E-state index contributed by atoms with van der Waals surface area (Å²) in [5.74, 6) is 0.304. The number of hydrogen-bond acceptors (Lipinski definition) is 2. The van der Waals surface area contributed by atoms with Gasteiger partial charge in [-0.15, -0.1) is 0 Å². The quantitative estimate of drug-likeness (QED) is 0.798. The number of anilines is 1. The van der Waals surface area contributed by atoms with Crippen molar-refractivity contribution in [1.29, 1.82) is 0 Å². The van der Waals surface area contributed by atoms with Crippen LogP contribution in [0.1, 0.15) is 31.5 Å². The summed E-state index contributed by atoms with van der Waals surface area (Å²) in [5.41, 5.74) is 2.82. The average Bonchev–Trinajstić information content (AvgIpc) is 2.86. The van der Waals surface area contributed by atoms with E-state index in [0.29, 0.717) is 25.4 Å². The van der Waals surface area contributed by atoms with Gasteiger partial charge in [0.25, 0.3) is 0 Å². The summed E-state index contributed by atoms with van der Waals surface area (Å²) in [6, 6.07) is 8.04. The van der Waals surface area contributed by atoms with Crippen LogP contribution in [0.25, 0.3) is 10.9 Å². The molecule has 1 fully saturated rings. The lowest BCUT2D eigenvalue weighted by Gasteiger charge is -2.36. The van der Waals surface area contributed by atoms with Crippen LogP contribution in [0.4, 0.5) is 18.9 Å². The summed E-state index contributed by atoms with van der Waals surface area (Å²) >= 11 is 0. The summed E-state index contributed by atoms with van der Waals surface area (Å²) in [4.78, 5) is 12.5. The minimum atomic E-state index is -4.14. The Labute approximate surface area is 151 Å². The molecule has 2 heterocycles. The Bertz CT molecular complexity index is 776. The Balaban J connectivity index is 1.82. The third-order valence-corrected chi connectivity index (χ3v) is 5.48. The van der Waals surface area contributed by atoms with E-state index in [2.05, 4.69) is 16.8 Å². The molecule has 0 radical (unpaired) electrons. The molecule has 0 spiro atoms. The second-order valence-electron chi connectivity index (χ2n) is 7.08. The predicted molar refractivity (Wildman–Crippen MR) is 96.3 cm³/mol. The number of likely N-dealkylation sites (tertiary alicyclic amines) is 1. The fourth-order valence-electron chi connectivity index (χ4n) is 4.21. The second-order valence-corrected chi connectivity index (χ2v) is 7.08. The highest BCUT2D eigenvalue weighted by molar-refractivity contribution is 5.98. The van der Waals surface area contributed by atoms with E-state index in [9.17, 15) is 18.0 Å². The van der Waals surface area contributed by atoms with E-state index in [1.807, 2.05) is 31.2 Å². The molecule has 7 heteroatoms. The molecule has 142 valence electrons. The number of rotatable bonds is 5. The first-order valence-electron chi connectivity index (χ1n) is 8.90. The van der Waals surface area contributed by atoms with Crippen LogP contribution >= 0.6 is 0 Å². The molecule has 1 N–H and O–H groups in total. The van der Waals surface area contributed by atoms with E-state index in [1.54, 1.807) is 0 Å². The molecule has 0 saturated carbocycles. The van der Waals surface area contributed by atoms with E-state index in [4.69, 9.17) is 0 Å². The van der Waals surface area contributed by atoms with Crippen LogP contribution in [0, 0.1) is 12.8 Å². The zero-order valence-corrected chi connectivity index (χ0v) is 15.0. The van der Waals surface area contributed by atoms with E-state index < -0.39 is 12.7 Å². The number of hydrogen-bond donors (Lipinski definition) is 1. The van der Waals surface area contributed by atoms with Crippen molar-refractivity contribution in [3.05, 3.63) is 30.0 Å². The number of nitrogens with one attached hydrogen (secondary N) is 1. The molecule has 1 aliphatic rings. The van der Waals surface area contributed by atoms with Crippen LogP contribution < -0.4 is 5.32 Å². The van der Waals surface area contributed by atoms with Gasteiger partial charge in [-0.25, -0.2) is 0 Å². The fourth-order valence-corrected chi connectivity index (χ4v) is 4.21. The molecular weight excluding hydrogens is 343 g/mol. The standard InChI is InChI=1S/C19H24F3N3O/c1-13(15-7-9-24(10-8-15)11-19(20,21)22)25-14(2)18(23-12-26)16-5-3-4-6-17(16)25/h3-6,12-13,15H,7-11H2,1-2H3,(H,23,26). The van der Waals surface area contributed by atoms with Crippen molar-refractivity contribution in [1.82, 2.24) is 9.47 Å². The van der Waals surface area contributed by atoms with Crippen molar-refractivity contribution in [3.63, 3.8) is 0 Å². The van der Waals surface area contributed by atoms with Gasteiger partial charge in [0.1, 0.15) is 0 Å². The maximum atomic E-state index is 12.6. The fraction of sp³-hybridized carbons (Fsp3) is 0.526. The average molecular weight is 367 g/mol. The Morgan fingerprint density at radius 3 is 2.54 bits per heavy atom. The van der Waals surface area contributed by atoms with Crippen LogP contribution in [0.15, 0.2) is 24.3 Å². The first-order chi connectivity index (χ1) is 12.3. The van der Waals surface area contributed by atoms with E-state index >= 15 is 0 Å². The number of aromatic nitrogens is 1. The van der Waals surface area contributed by atoms with Crippen molar-refractivity contribution >= 4 is 23.0 Å². The Kier molecular flexibility index (Phi) is 5.27.